The first kappa shape index (κ1) is 13.5. The van der Waals surface area contributed by atoms with E-state index >= 15 is 0 Å². The molecule has 98 valence electrons. The zero-order valence-electron chi connectivity index (χ0n) is 9.30. The van der Waals surface area contributed by atoms with Gasteiger partial charge in [-0.15, -0.1) is 0 Å². The summed E-state index contributed by atoms with van der Waals surface area (Å²) in [5.74, 6) is -0.0489. The van der Waals surface area contributed by atoms with Crippen molar-refractivity contribution in [1.29, 1.82) is 0 Å². The minimum absolute atomic E-state index is 0.0101. The minimum atomic E-state index is -0.595. The Morgan fingerprint density at radius 3 is 2.84 bits per heavy atom. The Bertz CT molecular complexity index is 652. The number of nitrogens with zero attached hydrogens (tertiary/aromatic N) is 3. The molecule has 9 heteroatoms. The molecule has 0 spiro atoms. The molecule has 0 aliphatic carbocycles. The van der Waals surface area contributed by atoms with Gasteiger partial charge in [0.15, 0.2) is 0 Å². The molecule has 0 radical (unpaired) electrons. The summed E-state index contributed by atoms with van der Waals surface area (Å²) in [5.41, 5.74) is 5.70. The lowest BCUT2D eigenvalue weighted by molar-refractivity contribution is -0.384. The van der Waals surface area contributed by atoms with E-state index in [0.29, 0.717) is 10.7 Å². The van der Waals surface area contributed by atoms with Crippen molar-refractivity contribution in [3.8, 4) is 0 Å². The maximum Gasteiger partial charge on any atom is 0.329 e. The van der Waals surface area contributed by atoms with Gasteiger partial charge in [-0.3, -0.25) is 10.1 Å². The summed E-state index contributed by atoms with van der Waals surface area (Å²) in [6.07, 6.45) is 1.05. The van der Waals surface area contributed by atoms with Gasteiger partial charge >= 0.3 is 5.69 Å². The molecule has 1 aromatic carbocycles. The molecule has 1 aromatic heterocycles. The normalized spacial score (nSPS) is 10.2. The van der Waals surface area contributed by atoms with Gasteiger partial charge in [0.2, 0.25) is 11.8 Å². The zero-order chi connectivity index (χ0) is 14.0. The van der Waals surface area contributed by atoms with Crippen LogP contribution in [0.1, 0.15) is 0 Å². The average molecular weight is 345 g/mol. The number of anilines is 3. The fourth-order valence-corrected chi connectivity index (χ4v) is 1.75. The van der Waals surface area contributed by atoms with E-state index in [-0.39, 0.29) is 17.5 Å². The zero-order valence-corrected chi connectivity index (χ0v) is 11.6. The molecule has 7 nitrogen and oxygen atoms in total. The molecule has 0 aliphatic heterocycles. The molecule has 0 saturated carbocycles. The molecule has 19 heavy (non-hydrogen) atoms. The van der Waals surface area contributed by atoms with E-state index in [1.54, 1.807) is 18.2 Å². The van der Waals surface area contributed by atoms with Crippen LogP contribution < -0.4 is 11.1 Å². The van der Waals surface area contributed by atoms with Gasteiger partial charge in [0.05, 0.1) is 9.95 Å². The molecular formula is C10H7BrClN5O2. The Morgan fingerprint density at radius 2 is 2.21 bits per heavy atom. The Labute approximate surface area is 121 Å². The van der Waals surface area contributed by atoms with Gasteiger partial charge in [0.1, 0.15) is 6.20 Å². The number of aromatic nitrogens is 2. The standard InChI is InChI=1S/C10H7BrClN5O2/c11-6-2-1-5(3-7(6)12)15-9-8(17(18)19)4-14-10(13)16-9/h1-4H,(H3,13,14,15,16). The van der Waals surface area contributed by atoms with Gasteiger partial charge in [-0.05, 0) is 34.1 Å². The molecule has 0 bridgehead atoms. The van der Waals surface area contributed by atoms with E-state index in [1.165, 1.54) is 0 Å². The Balaban J connectivity index is 2.39. The van der Waals surface area contributed by atoms with Crippen LogP contribution in [-0.4, -0.2) is 14.9 Å². The third kappa shape index (κ3) is 3.09. The number of nitrogen functional groups attached to an aromatic ring is 1. The van der Waals surface area contributed by atoms with Gasteiger partial charge in [-0.2, -0.15) is 4.98 Å². The van der Waals surface area contributed by atoms with E-state index in [9.17, 15) is 10.1 Å². The maximum atomic E-state index is 10.9. The number of halogens is 2. The third-order valence-electron chi connectivity index (χ3n) is 2.17. The third-order valence-corrected chi connectivity index (χ3v) is 3.40. The van der Waals surface area contributed by atoms with E-state index < -0.39 is 4.92 Å². The van der Waals surface area contributed by atoms with Gasteiger partial charge < -0.3 is 11.1 Å². The monoisotopic (exact) mass is 343 g/mol. The van der Waals surface area contributed by atoms with Crippen molar-refractivity contribution in [3.63, 3.8) is 0 Å². The molecule has 0 amide bonds. The van der Waals surface area contributed by atoms with Crippen molar-refractivity contribution in [2.24, 2.45) is 0 Å². The highest BCUT2D eigenvalue weighted by Crippen LogP contribution is 2.29. The predicted octanol–water partition coefficient (Wildman–Crippen LogP) is 3.13. The molecule has 2 rings (SSSR count). The Kier molecular flexibility index (Phi) is 3.82. The molecule has 1 heterocycles. The molecule has 0 saturated heterocycles. The number of nitrogens with one attached hydrogen (secondary N) is 1. The van der Waals surface area contributed by atoms with Gasteiger partial charge in [-0.25, -0.2) is 4.98 Å². The fourth-order valence-electron chi connectivity index (χ4n) is 1.33. The van der Waals surface area contributed by atoms with Crippen molar-refractivity contribution < 1.29 is 4.92 Å². The topological polar surface area (TPSA) is 107 Å². The van der Waals surface area contributed by atoms with E-state index in [0.717, 1.165) is 10.7 Å². The second-order valence-electron chi connectivity index (χ2n) is 3.47. The summed E-state index contributed by atoms with van der Waals surface area (Å²) in [6.45, 7) is 0. The summed E-state index contributed by atoms with van der Waals surface area (Å²) in [4.78, 5) is 17.6. The largest absolute Gasteiger partial charge is 0.368 e. The maximum absolute atomic E-state index is 10.9. The second kappa shape index (κ2) is 5.37. The lowest BCUT2D eigenvalue weighted by atomic mass is 10.3. The highest BCUT2D eigenvalue weighted by atomic mass is 79.9. The predicted molar refractivity (Wildman–Crippen MR) is 75.5 cm³/mol. The van der Waals surface area contributed by atoms with E-state index in [2.05, 4.69) is 31.2 Å². The lowest BCUT2D eigenvalue weighted by Gasteiger charge is -2.07. The number of rotatable bonds is 3. The van der Waals surface area contributed by atoms with Crippen molar-refractivity contribution >= 4 is 50.7 Å². The van der Waals surface area contributed by atoms with Crippen molar-refractivity contribution in [2.75, 3.05) is 11.1 Å². The summed E-state index contributed by atoms with van der Waals surface area (Å²) >= 11 is 9.19. The Hall–Kier alpha value is -1.93. The summed E-state index contributed by atoms with van der Waals surface area (Å²) in [7, 11) is 0. The van der Waals surface area contributed by atoms with Crippen LogP contribution in [0, 0.1) is 10.1 Å². The molecular weight excluding hydrogens is 338 g/mol. The first-order valence-corrected chi connectivity index (χ1v) is 6.13. The highest BCUT2D eigenvalue weighted by Gasteiger charge is 2.17. The van der Waals surface area contributed by atoms with Crippen LogP contribution in [0.15, 0.2) is 28.9 Å². The lowest BCUT2D eigenvalue weighted by Crippen LogP contribution is -2.04. The SMILES string of the molecule is Nc1ncc([N+](=O)[O-])c(Nc2ccc(Br)c(Cl)c2)n1. The van der Waals surface area contributed by atoms with Crippen LogP contribution in [0.4, 0.5) is 23.1 Å². The minimum Gasteiger partial charge on any atom is -0.368 e. The summed E-state index contributed by atoms with van der Waals surface area (Å²) in [5, 5.41) is 14.1. The van der Waals surface area contributed by atoms with Crippen LogP contribution in [0.25, 0.3) is 0 Å². The smallest absolute Gasteiger partial charge is 0.329 e. The van der Waals surface area contributed by atoms with Gasteiger partial charge in [0, 0.05) is 10.2 Å². The van der Waals surface area contributed by atoms with Crippen molar-refractivity contribution in [3.05, 3.63) is 44.0 Å². The van der Waals surface area contributed by atoms with Crippen LogP contribution >= 0.6 is 27.5 Å². The quantitative estimate of drug-likeness (QED) is 0.654. The molecule has 2 aromatic rings. The van der Waals surface area contributed by atoms with Crippen LogP contribution in [-0.2, 0) is 0 Å². The fraction of sp³-hybridized carbons (Fsp3) is 0. The number of hydrogen-bond acceptors (Lipinski definition) is 6. The summed E-state index contributed by atoms with van der Waals surface area (Å²) in [6, 6.07) is 5.01. The van der Waals surface area contributed by atoms with Crippen LogP contribution in [0.3, 0.4) is 0 Å². The summed E-state index contributed by atoms with van der Waals surface area (Å²) < 4.78 is 0.719. The average Bonchev–Trinajstić information content (AvgIpc) is 2.33. The molecule has 0 atom stereocenters. The van der Waals surface area contributed by atoms with Crippen LogP contribution in [0.5, 0.6) is 0 Å². The van der Waals surface area contributed by atoms with Crippen molar-refractivity contribution in [1.82, 2.24) is 9.97 Å². The number of benzene rings is 1. The van der Waals surface area contributed by atoms with Gasteiger partial charge in [0.25, 0.3) is 0 Å². The van der Waals surface area contributed by atoms with Crippen molar-refractivity contribution in [2.45, 2.75) is 0 Å². The molecule has 0 aliphatic rings. The van der Waals surface area contributed by atoms with Gasteiger partial charge in [-0.1, -0.05) is 11.6 Å². The Morgan fingerprint density at radius 1 is 1.47 bits per heavy atom. The first-order chi connectivity index (χ1) is 8.97. The number of nitrogens with two attached hydrogens (primary N) is 1. The first-order valence-electron chi connectivity index (χ1n) is 4.96. The van der Waals surface area contributed by atoms with Crippen LogP contribution in [0.2, 0.25) is 5.02 Å². The second-order valence-corrected chi connectivity index (χ2v) is 4.73. The number of nitro groups is 1. The molecule has 0 unspecified atom stereocenters. The van der Waals surface area contributed by atoms with E-state index in [1.807, 2.05) is 0 Å². The molecule has 3 N–H and O–H groups in total. The van der Waals surface area contributed by atoms with E-state index in [4.69, 9.17) is 17.3 Å². The highest BCUT2D eigenvalue weighted by molar-refractivity contribution is 9.10. The number of hydrogen-bond donors (Lipinski definition) is 2. The molecule has 0 fully saturated rings.